The van der Waals surface area contributed by atoms with Crippen molar-refractivity contribution >= 4 is 24.8 Å². The van der Waals surface area contributed by atoms with Gasteiger partial charge in [0, 0.05) is 26.2 Å². The van der Waals surface area contributed by atoms with E-state index in [1.54, 1.807) is 4.90 Å². The third-order valence-corrected chi connectivity index (χ3v) is 3.36. The zero-order chi connectivity index (χ0) is 13.9. The zero-order valence-corrected chi connectivity index (χ0v) is 12.8. The molecule has 1 N–H and O–H groups in total. The molecule has 8 heteroatoms. The van der Waals surface area contributed by atoms with Crippen LogP contribution in [0.2, 0.25) is 0 Å². The summed E-state index contributed by atoms with van der Waals surface area (Å²) in [5.74, 6) is 0. The second-order valence-electron chi connectivity index (χ2n) is 4.54. The van der Waals surface area contributed by atoms with Gasteiger partial charge in [0.1, 0.15) is 6.67 Å². The molecule has 0 aliphatic carbocycles. The van der Waals surface area contributed by atoms with Crippen LogP contribution in [-0.2, 0) is 6.18 Å². The lowest BCUT2D eigenvalue weighted by molar-refractivity contribution is -0.138. The maximum Gasteiger partial charge on any atom is 0.416 e. The maximum atomic E-state index is 13.3. The number of hydrogen-bond acceptors (Lipinski definition) is 2. The van der Waals surface area contributed by atoms with Gasteiger partial charge in [-0.2, -0.15) is 13.2 Å². The van der Waals surface area contributed by atoms with Crippen LogP contribution in [0.5, 0.6) is 0 Å². The van der Waals surface area contributed by atoms with Gasteiger partial charge in [0.15, 0.2) is 0 Å². The Hall–Kier alpha value is -0.560. The van der Waals surface area contributed by atoms with Gasteiger partial charge >= 0.3 is 6.18 Å². The molecule has 0 aromatic heterocycles. The Labute approximate surface area is 133 Å². The van der Waals surface area contributed by atoms with Gasteiger partial charge in [-0.25, -0.2) is 4.39 Å². The van der Waals surface area contributed by atoms with Gasteiger partial charge in [0.25, 0.3) is 0 Å². The highest BCUT2D eigenvalue weighted by Crippen LogP contribution is 2.36. The Bertz CT molecular complexity index is 423. The molecule has 1 aromatic rings. The zero-order valence-electron chi connectivity index (χ0n) is 11.2. The highest BCUT2D eigenvalue weighted by atomic mass is 35.5. The molecule has 0 radical (unpaired) electrons. The Kier molecular flexibility index (Phi) is 8.54. The number of piperazine rings is 1. The summed E-state index contributed by atoms with van der Waals surface area (Å²) in [5.41, 5.74) is -0.712. The summed E-state index contributed by atoms with van der Waals surface area (Å²) in [6.45, 7) is 1.64. The van der Waals surface area contributed by atoms with E-state index in [9.17, 15) is 17.6 Å². The molecular weight excluding hydrogens is 331 g/mol. The van der Waals surface area contributed by atoms with Crippen LogP contribution >= 0.6 is 24.8 Å². The molecular formula is C13H18Cl2F4N2. The third kappa shape index (κ3) is 4.98. The topological polar surface area (TPSA) is 15.3 Å². The van der Waals surface area contributed by atoms with E-state index in [2.05, 4.69) is 5.32 Å². The van der Waals surface area contributed by atoms with Gasteiger partial charge in [-0.1, -0.05) is 18.2 Å². The molecule has 2 nitrogen and oxygen atoms in total. The van der Waals surface area contributed by atoms with E-state index in [1.165, 1.54) is 18.2 Å². The molecule has 0 bridgehead atoms. The lowest BCUT2D eigenvalue weighted by Crippen LogP contribution is -2.46. The minimum Gasteiger partial charge on any atom is -0.314 e. The van der Waals surface area contributed by atoms with Crippen LogP contribution in [0.1, 0.15) is 17.2 Å². The molecule has 1 saturated heterocycles. The first-order chi connectivity index (χ1) is 9.04. The van der Waals surface area contributed by atoms with Crippen molar-refractivity contribution in [3.05, 3.63) is 35.4 Å². The van der Waals surface area contributed by atoms with Crippen LogP contribution in [0, 0.1) is 0 Å². The number of alkyl halides is 4. The molecule has 1 heterocycles. The predicted molar refractivity (Wildman–Crippen MR) is 79.1 cm³/mol. The minimum atomic E-state index is -4.45. The minimum absolute atomic E-state index is 0. The highest BCUT2D eigenvalue weighted by Gasteiger charge is 2.36. The Morgan fingerprint density at radius 1 is 1.10 bits per heavy atom. The van der Waals surface area contributed by atoms with Crippen molar-refractivity contribution in [3.63, 3.8) is 0 Å². The molecule has 1 aromatic carbocycles. The second-order valence-corrected chi connectivity index (χ2v) is 4.54. The first-order valence-corrected chi connectivity index (χ1v) is 6.21. The fraction of sp³-hybridized carbons (Fsp3) is 0.538. The van der Waals surface area contributed by atoms with E-state index in [4.69, 9.17) is 0 Å². The summed E-state index contributed by atoms with van der Waals surface area (Å²) in [4.78, 5) is 1.76. The van der Waals surface area contributed by atoms with Gasteiger partial charge in [-0.3, -0.25) is 4.90 Å². The monoisotopic (exact) mass is 348 g/mol. The van der Waals surface area contributed by atoms with Crippen molar-refractivity contribution < 1.29 is 17.6 Å². The lowest BCUT2D eigenvalue weighted by Gasteiger charge is -2.34. The molecule has 2 rings (SSSR count). The van der Waals surface area contributed by atoms with Gasteiger partial charge in [0.2, 0.25) is 0 Å². The van der Waals surface area contributed by atoms with E-state index < -0.39 is 24.5 Å². The summed E-state index contributed by atoms with van der Waals surface area (Å²) in [6, 6.07) is 4.42. The molecule has 122 valence electrons. The quantitative estimate of drug-likeness (QED) is 0.841. The number of rotatable bonds is 3. The van der Waals surface area contributed by atoms with E-state index in [1.807, 2.05) is 0 Å². The summed E-state index contributed by atoms with van der Waals surface area (Å²) >= 11 is 0. The molecule has 21 heavy (non-hydrogen) atoms. The Morgan fingerprint density at radius 2 is 1.67 bits per heavy atom. The summed E-state index contributed by atoms with van der Waals surface area (Å²) in [7, 11) is 0. The average Bonchev–Trinajstić information content (AvgIpc) is 2.40. The van der Waals surface area contributed by atoms with Gasteiger partial charge in [0.05, 0.1) is 11.6 Å². The van der Waals surface area contributed by atoms with Crippen molar-refractivity contribution in [3.8, 4) is 0 Å². The van der Waals surface area contributed by atoms with Gasteiger partial charge in [-0.15, -0.1) is 24.8 Å². The van der Waals surface area contributed by atoms with Crippen molar-refractivity contribution in [1.29, 1.82) is 0 Å². The van der Waals surface area contributed by atoms with Crippen LogP contribution in [0.3, 0.4) is 0 Å². The van der Waals surface area contributed by atoms with Crippen LogP contribution in [-0.4, -0.2) is 37.8 Å². The molecule has 1 fully saturated rings. The molecule has 0 unspecified atom stereocenters. The third-order valence-electron chi connectivity index (χ3n) is 3.36. The van der Waals surface area contributed by atoms with Crippen molar-refractivity contribution in [2.45, 2.75) is 12.2 Å². The van der Waals surface area contributed by atoms with Crippen molar-refractivity contribution in [1.82, 2.24) is 10.2 Å². The number of nitrogens with one attached hydrogen (secondary N) is 1. The van der Waals surface area contributed by atoms with E-state index in [-0.39, 0.29) is 30.4 Å². The standard InChI is InChI=1S/C13H16F4N2.2ClH/c14-9-12(19-7-5-18-6-8-19)10-3-1-2-4-11(10)13(15,16)17;;/h1-4,12,18H,5-9H2;2*1H/t12-;;/m1../s1. The molecule has 0 amide bonds. The normalized spacial score (nSPS) is 17.5. The molecule has 1 aliphatic heterocycles. The number of nitrogens with zero attached hydrogens (tertiary/aromatic N) is 1. The number of benzene rings is 1. The number of halogens is 6. The van der Waals surface area contributed by atoms with Crippen LogP contribution in [0.4, 0.5) is 17.6 Å². The van der Waals surface area contributed by atoms with Crippen molar-refractivity contribution in [2.24, 2.45) is 0 Å². The van der Waals surface area contributed by atoms with Crippen LogP contribution in [0.15, 0.2) is 24.3 Å². The predicted octanol–water partition coefficient (Wildman–Crippen LogP) is 3.46. The smallest absolute Gasteiger partial charge is 0.314 e. The summed E-state index contributed by atoms with van der Waals surface area (Å²) in [6.07, 6.45) is -4.45. The fourth-order valence-corrected chi connectivity index (χ4v) is 2.42. The van der Waals surface area contributed by atoms with Gasteiger partial charge < -0.3 is 5.32 Å². The van der Waals surface area contributed by atoms with Crippen molar-refractivity contribution in [2.75, 3.05) is 32.9 Å². The average molecular weight is 349 g/mol. The largest absolute Gasteiger partial charge is 0.416 e. The maximum absolute atomic E-state index is 13.3. The SMILES string of the molecule is Cl.Cl.FC[C@H](c1ccccc1C(F)(F)F)N1CCNCC1. The Morgan fingerprint density at radius 3 is 2.19 bits per heavy atom. The second kappa shape index (κ2) is 8.78. The first kappa shape index (κ1) is 20.4. The molecule has 0 saturated carbocycles. The van der Waals surface area contributed by atoms with Crippen LogP contribution < -0.4 is 5.32 Å². The first-order valence-electron chi connectivity index (χ1n) is 6.21. The van der Waals surface area contributed by atoms with E-state index in [0.717, 1.165) is 6.07 Å². The van der Waals surface area contributed by atoms with Crippen LogP contribution in [0.25, 0.3) is 0 Å². The van der Waals surface area contributed by atoms with E-state index >= 15 is 0 Å². The fourth-order valence-electron chi connectivity index (χ4n) is 2.42. The van der Waals surface area contributed by atoms with Gasteiger partial charge in [-0.05, 0) is 11.6 Å². The lowest BCUT2D eigenvalue weighted by atomic mass is 9.99. The molecule has 1 atom stereocenters. The molecule has 1 aliphatic rings. The molecule has 0 spiro atoms. The highest BCUT2D eigenvalue weighted by molar-refractivity contribution is 5.85. The van der Waals surface area contributed by atoms with E-state index in [0.29, 0.717) is 26.2 Å². The Balaban J connectivity index is 0.00000200. The summed E-state index contributed by atoms with van der Waals surface area (Å²) in [5, 5.41) is 3.10. The summed E-state index contributed by atoms with van der Waals surface area (Å²) < 4.78 is 52.1. The number of hydrogen-bond donors (Lipinski definition) is 1.